The predicted octanol–water partition coefficient (Wildman–Crippen LogP) is 3.19. The van der Waals surface area contributed by atoms with Gasteiger partial charge in [0.25, 0.3) is 11.4 Å². The molecule has 4 rings (SSSR count). The van der Waals surface area contributed by atoms with Crippen molar-refractivity contribution in [2.24, 2.45) is 0 Å². The summed E-state index contributed by atoms with van der Waals surface area (Å²) in [5.74, 6) is -3.84. The van der Waals surface area contributed by atoms with Gasteiger partial charge in [-0.2, -0.15) is 0 Å². The minimum Gasteiger partial charge on any atom is -0.497 e. The number of ether oxygens (including phenoxy) is 1. The van der Waals surface area contributed by atoms with Gasteiger partial charge in [-0.15, -0.1) is 0 Å². The summed E-state index contributed by atoms with van der Waals surface area (Å²) in [5, 5.41) is 45.7. The topological polar surface area (TPSA) is 253 Å². The van der Waals surface area contributed by atoms with E-state index in [4.69, 9.17) is 9.15 Å². The Morgan fingerprint density at radius 3 is 2.46 bits per heavy atom. The van der Waals surface area contributed by atoms with E-state index in [9.17, 15) is 54.4 Å². The SMILES string of the molecule is COc1ccc2c(CC(=O)N(C(CCCCNc3ccc([N+](=O)[O-])cc3[N+](=O)[O-])C(=O)O)[C@@H](C)C(=O)N3CCC[C@H]3C(=O)O)cc(=O)oc2c1. The number of nitrogens with zero attached hydrogens (tertiary/aromatic N) is 4. The number of rotatable bonds is 16. The fraction of sp³-hybridized carbons (Fsp3) is 0.406. The number of nitro groups is 2. The van der Waals surface area contributed by atoms with Gasteiger partial charge in [0, 0.05) is 36.7 Å². The molecule has 2 amide bonds. The molecule has 18 heteroatoms. The lowest BCUT2D eigenvalue weighted by atomic mass is 10.0. The van der Waals surface area contributed by atoms with E-state index in [2.05, 4.69) is 5.32 Å². The number of non-ortho nitro benzene ring substituents is 1. The first-order valence-corrected chi connectivity index (χ1v) is 15.6. The molecule has 1 fully saturated rings. The number of carboxylic acid groups (broad SMARTS) is 2. The smallest absolute Gasteiger partial charge is 0.336 e. The minimum atomic E-state index is -1.56. The number of carboxylic acids is 2. The molecule has 0 radical (unpaired) electrons. The van der Waals surface area contributed by atoms with E-state index in [1.54, 1.807) is 12.1 Å². The van der Waals surface area contributed by atoms with Gasteiger partial charge in [-0.25, -0.2) is 14.4 Å². The summed E-state index contributed by atoms with van der Waals surface area (Å²) in [7, 11) is 1.42. The van der Waals surface area contributed by atoms with Crippen LogP contribution in [0.5, 0.6) is 5.75 Å². The number of benzene rings is 2. The molecule has 2 heterocycles. The van der Waals surface area contributed by atoms with Gasteiger partial charge in [0.05, 0.1) is 29.4 Å². The Balaban J connectivity index is 1.58. The highest BCUT2D eigenvalue weighted by Crippen LogP contribution is 2.30. The Kier molecular flexibility index (Phi) is 11.7. The molecule has 1 aromatic heterocycles. The Morgan fingerprint density at radius 1 is 1.08 bits per heavy atom. The number of hydrogen-bond acceptors (Lipinski definition) is 12. The Labute approximate surface area is 283 Å². The van der Waals surface area contributed by atoms with Crippen molar-refractivity contribution >= 4 is 51.8 Å². The van der Waals surface area contributed by atoms with E-state index < -0.39 is 75.1 Å². The summed E-state index contributed by atoms with van der Waals surface area (Å²) in [6.07, 6.45) is 0.319. The average molecular weight is 698 g/mol. The summed E-state index contributed by atoms with van der Waals surface area (Å²) in [5.41, 5.74) is -1.42. The third kappa shape index (κ3) is 8.31. The number of carbonyl (C=O) groups is 4. The van der Waals surface area contributed by atoms with Crippen molar-refractivity contribution < 1.29 is 48.4 Å². The molecule has 3 atom stereocenters. The van der Waals surface area contributed by atoms with Crippen molar-refractivity contribution in [2.75, 3.05) is 25.5 Å². The first-order valence-electron chi connectivity index (χ1n) is 15.6. The van der Waals surface area contributed by atoms with E-state index >= 15 is 0 Å². The fourth-order valence-corrected chi connectivity index (χ4v) is 6.05. The van der Waals surface area contributed by atoms with Crippen LogP contribution >= 0.6 is 0 Å². The van der Waals surface area contributed by atoms with E-state index in [-0.39, 0.29) is 55.6 Å². The van der Waals surface area contributed by atoms with Crippen molar-refractivity contribution in [3.05, 3.63) is 78.7 Å². The van der Waals surface area contributed by atoms with Crippen molar-refractivity contribution in [3.63, 3.8) is 0 Å². The fourth-order valence-electron chi connectivity index (χ4n) is 6.05. The van der Waals surface area contributed by atoms with E-state index in [1.807, 2.05) is 0 Å². The van der Waals surface area contributed by atoms with Gasteiger partial charge < -0.3 is 34.5 Å². The molecule has 1 saturated heterocycles. The Hall–Kier alpha value is -6.07. The van der Waals surface area contributed by atoms with E-state index in [0.29, 0.717) is 17.6 Å². The molecule has 18 nitrogen and oxygen atoms in total. The molecular formula is C32H35N5O13. The number of nitro benzene ring substituents is 2. The summed E-state index contributed by atoms with van der Waals surface area (Å²) in [4.78, 5) is 87.7. The Bertz CT molecular complexity index is 1880. The predicted molar refractivity (Wildman–Crippen MR) is 175 cm³/mol. The van der Waals surface area contributed by atoms with Crippen LogP contribution in [0.1, 0.15) is 44.6 Å². The van der Waals surface area contributed by atoms with Crippen LogP contribution in [0.2, 0.25) is 0 Å². The third-order valence-electron chi connectivity index (χ3n) is 8.49. The highest BCUT2D eigenvalue weighted by molar-refractivity contribution is 5.95. The molecule has 1 unspecified atom stereocenters. The van der Waals surface area contributed by atoms with Crippen molar-refractivity contribution in [1.29, 1.82) is 0 Å². The lowest BCUT2D eigenvalue weighted by Gasteiger charge is -2.36. The van der Waals surface area contributed by atoms with Gasteiger partial charge in [-0.3, -0.25) is 29.8 Å². The first kappa shape index (κ1) is 36.8. The van der Waals surface area contributed by atoms with Gasteiger partial charge >= 0.3 is 17.6 Å². The number of anilines is 1. The molecule has 266 valence electrons. The molecular weight excluding hydrogens is 662 g/mol. The second-order valence-corrected chi connectivity index (χ2v) is 11.6. The average Bonchev–Trinajstić information content (AvgIpc) is 3.57. The maximum atomic E-state index is 14.1. The Morgan fingerprint density at radius 2 is 1.82 bits per heavy atom. The number of nitrogens with one attached hydrogen (secondary N) is 1. The highest BCUT2D eigenvalue weighted by atomic mass is 16.6. The van der Waals surface area contributed by atoms with E-state index in [0.717, 1.165) is 28.0 Å². The van der Waals surface area contributed by atoms with Gasteiger partial charge in [-0.1, -0.05) is 0 Å². The van der Waals surface area contributed by atoms with Crippen LogP contribution in [0.25, 0.3) is 11.0 Å². The van der Waals surface area contributed by atoms with Crippen molar-refractivity contribution in [3.8, 4) is 5.75 Å². The maximum absolute atomic E-state index is 14.1. The lowest BCUT2D eigenvalue weighted by molar-refractivity contribution is -0.393. The summed E-state index contributed by atoms with van der Waals surface area (Å²) < 4.78 is 10.4. The maximum Gasteiger partial charge on any atom is 0.336 e. The number of hydrogen-bond donors (Lipinski definition) is 3. The largest absolute Gasteiger partial charge is 0.497 e. The van der Waals surface area contributed by atoms with Crippen LogP contribution in [0, 0.1) is 20.2 Å². The molecule has 0 aliphatic carbocycles. The molecule has 50 heavy (non-hydrogen) atoms. The molecule has 3 aromatic rings. The summed E-state index contributed by atoms with van der Waals surface area (Å²) in [6, 6.07) is 4.69. The second-order valence-electron chi connectivity index (χ2n) is 11.6. The van der Waals surface area contributed by atoms with Gasteiger partial charge in [-0.05, 0) is 62.8 Å². The lowest BCUT2D eigenvalue weighted by Crippen LogP contribution is -2.57. The standard InChI is InChI=1S/C32H35N5O13/c1-18(30(40)34-13-5-7-24(34)31(41)42)35(28(38)14-19-15-29(39)50-27-17-21(49-2)9-10-22(19)27)25(32(43)44)6-3-4-12-33-23-11-8-20(36(45)46)16-26(23)37(47)48/h8-11,15-18,24-25,33H,3-7,12-14H2,1-2H3,(H,41,42)(H,43,44)/t18-,24-,25?/m0/s1. The van der Waals surface area contributed by atoms with Crippen LogP contribution in [0.3, 0.4) is 0 Å². The van der Waals surface area contributed by atoms with Crippen LogP contribution in [-0.4, -0.2) is 91.9 Å². The molecule has 2 aromatic carbocycles. The zero-order valence-corrected chi connectivity index (χ0v) is 27.1. The number of carbonyl (C=O) groups excluding carboxylic acids is 2. The monoisotopic (exact) mass is 697 g/mol. The summed E-state index contributed by atoms with van der Waals surface area (Å²) in [6.45, 7) is 1.52. The summed E-state index contributed by atoms with van der Waals surface area (Å²) >= 11 is 0. The quantitative estimate of drug-likeness (QED) is 0.0841. The minimum absolute atomic E-state index is 0.0159. The molecule has 0 bridgehead atoms. The molecule has 1 aliphatic heterocycles. The van der Waals surface area contributed by atoms with Gasteiger partial charge in [0.1, 0.15) is 35.1 Å². The molecule has 1 aliphatic rings. The zero-order valence-electron chi connectivity index (χ0n) is 27.1. The van der Waals surface area contributed by atoms with Crippen molar-refractivity contribution in [1.82, 2.24) is 9.80 Å². The zero-order chi connectivity index (χ0) is 36.7. The van der Waals surface area contributed by atoms with Crippen molar-refractivity contribution in [2.45, 2.75) is 63.6 Å². The second kappa shape index (κ2) is 15.9. The number of likely N-dealkylation sites (tertiary alicyclic amines) is 1. The van der Waals surface area contributed by atoms with Crippen LogP contribution in [0.4, 0.5) is 17.1 Å². The van der Waals surface area contributed by atoms with Crippen LogP contribution < -0.4 is 15.7 Å². The highest BCUT2D eigenvalue weighted by Gasteiger charge is 2.42. The normalized spacial score (nSPS) is 15.2. The molecule has 3 N–H and O–H groups in total. The van der Waals surface area contributed by atoms with E-state index in [1.165, 1.54) is 26.2 Å². The number of fused-ring (bicyclic) bond motifs is 1. The number of amides is 2. The number of unbranched alkanes of at least 4 members (excludes halogenated alkanes) is 1. The number of aliphatic carboxylic acids is 2. The third-order valence-corrected chi connectivity index (χ3v) is 8.49. The number of methoxy groups -OCH3 is 1. The molecule has 0 spiro atoms. The van der Waals surface area contributed by atoms with Gasteiger partial charge in [0.15, 0.2) is 0 Å². The first-order chi connectivity index (χ1) is 23.7. The van der Waals surface area contributed by atoms with Crippen LogP contribution in [-0.2, 0) is 25.6 Å². The van der Waals surface area contributed by atoms with Crippen LogP contribution in [0.15, 0.2) is 51.7 Å². The van der Waals surface area contributed by atoms with Gasteiger partial charge in [0.2, 0.25) is 11.8 Å². The molecule has 0 saturated carbocycles.